The number of carbonyl (C=O) groups is 1. The number of hydrogen-bond acceptors (Lipinski definition) is 3. The van der Waals surface area contributed by atoms with Crippen molar-refractivity contribution in [2.24, 2.45) is 17.8 Å². The van der Waals surface area contributed by atoms with Gasteiger partial charge in [0.05, 0.1) is 0 Å². The molecule has 1 aromatic carbocycles. The van der Waals surface area contributed by atoms with Crippen molar-refractivity contribution in [1.29, 1.82) is 0 Å². The first-order chi connectivity index (χ1) is 13.3. The number of fused-ring (bicyclic) bond motifs is 2. The zero-order valence-electron chi connectivity index (χ0n) is 15.4. The van der Waals surface area contributed by atoms with Gasteiger partial charge in [0, 0.05) is 32.6 Å². The summed E-state index contributed by atoms with van der Waals surface area (Å²) in [4.78, 5) is 13.4. The largest absolute Gasteiger partial charge is 0.340 e. The Balaban J connectivity index is 1.38. The van der Waals surface area contributed by atoms with Crippen LogP contribution in [0.25, 0.3) is 0 Å². The van der Waals surface area contributed by atoms with E-state index in [2.05, 4.69) is 0 Å². The van der Waals surface area contributed by atoms with E-state index in [9.17, 15) is 26.4 Å². The van der Waals surface area contributed by atoms with Crippen molar-refractivity contribution in [3.63, 3.8) is 0 Å². The second kappa shape index (κ2) is 7.33. The molecule has 1 aliphatic heterocycles. The Morgan fingerprint density at radius 1 is 1.00 bits per heavy atom. The zero-order valence-corrected chi connectivity index (χ0v) is 16.2. The SMILES string of the molecule is O=C(C[C@@H]1C[C@@H]2CC[C@@H]1C2)N1CCN(S(=O)(=O)c2ccc(F)c(F)c2F)CC1. The predicted molar refractivity (Wildman–Crippen MR) is 95.2 cm³/mol. The van der Waals surface area contributed by atoms with Crippen LogP contribution in [0.1, 0.15) is 32.1 Å². The van der Waals surface area contributed by atoms with Crippen LogP contribution in [0.4, 0.5) is 13.2 Å². The van der Waals surface area contributed by atoms with Gasteiger partial charge in [-0.05, 0) is 49.1 Å². The molecule has 3 aliphatic rings. The van der Waals surface area contributed by atoms with Crippen molar-refractivity contribution in [3.8, 4) is 0 Å². The summed E-state index contributed by atoms with van der Waals surface area (Å²) in [5.41, 5.74) is 0. The molecule has 0 N–H and O–H groups in total. The molecule has 2 aliphatic carbocycles. The van der Waals surface area contributed by atoms with Crippen LogP contribution in [0.5, 0.6) is 0 Å². The minimum absolute atomic E-state index is 0.00320. The molecule has 0 aromatic heterocycles. The van der Waals surface area contributed by atoms with Crippen LogP contribution in [-0.4, -0.2) is 49.7 Å². The summed E-state index contributed by atoms with van der Waals surface area (Å²) in [5, 5.41) is 0. The fourth-order valence-electron chi connectivity index (χ4n) is 5.00. The molecule has 1 heterocycles. The monoisotopic (exact) mass is 416 g/mol. The van der Waals surface area contributed by atoms with Crippen LogP contribution in [0.3, 0.4) is 0 Å². The molecular weight excluding hydrogens is 393 g/mol. The third-order valence-electron chi connectivity index (χ3n) is 6.53. The van der Waals surface area contributed by atoms with E-state index in [1.807, 2.05) is 0 Å². The highest BCUT2D eigenvalue weighted by molar-refractivity contribution is 7.89. The molecule has 28 heavy (non-hydrogen) atoms. The van der Waals surface area contributed by atoms with Gasteiger partial charge in [0.15, 0.2) is 17.5 Å². The lowest BCUT2D eigenvalue weighted by atomic mass is 9.86. The van der Waals surface area contributed by atoms with Crippen molar-refractivity contribution in [3.05, 3.63) is 29.6 Å². The van der Waals surface area contributed by atoms with Gasteiger partial charge >= 0.3 is 0 Å². The molecule has 0 unspecified atom stereocenters. The molecule has 1 saturated heterocycles. The maximum Gasteiger partial charge on any atom is 0.246 e. The van der Waals surface area contributed by atoms with Gasteiger partial charge in [0.2, 0.25) is 15.9 Å². The van der Waals surface area contributed by atoms with Crippen molar-refractivity contribution in [2.75, 3.05) is 26.2 Å². The second-order valence-corrected chi connectivity index (χ2v) is 10.0. The molecule has 2 saturated carbocycles. The topological polar surface area (TPSA) is 57.7 Å². The lowest BCUT2D eigenvalue weighted by Crippen LogP contribution is -2.51. The fourth-order valence-corrected chi connectivity index (χ4v) is 6.48. The summed E-state index contributed by atoms with van der Waals surface area (Å²) >= 11 is 0. The lowest BCUT2D eigenvalue weighted by Gasteiger charge is -2.35. The minimum Gasteiger partial charge on any atom is -0.340 e. The van der Waals surface area contributed by atoms with Crippen LogP contribution < -0.4 is 0 Å². The third-order valence-corrected chi connectivity index (χ3v) is 8.45. The summed E-state index contributed by atoms with van der Waals surface area (Å²) in [5.74, 6) is -3.08. The van der Waals surface area contributed by atoms with Crippen LogP contribution in [0.2, 0.25) is 0 Å². The Labute approximate surface area is 162 Å². The highest BCUT2D eigenvalue weighted by Crippen LogP contribution is 2.49. The molecule has 1 aromatic rings. The van der Waals surface area contributed by atoms with E-state index in [-0.39, 0.29) is 32.1 Å². The standard InChI is InChI=1S/C19H23F3N2O3S/c20-15-3-4-16(19(22)18(15)21)28(26,27)24-7-5-23(6-8-24)17(25)11-14-10-12-1-2-13(14)9-12/h3-4,12-14H,1-2,5-11H2/t12-,13-,14+/m1/s1. The third kappa shape index (κ3) is 3.43. The molecule has 0 radical (unpaired) electrons. The Morgan fingerprint density at radius 2 is 1.71 bits per heavy atom. The number of nitrogens with zero attached hydrogens (tertiary/aromatic N) is 2. The average Bonchev–Trinajstić information content (AvgIpc) is 3.29. The van der Waals surface area contributed by atoms with Gasteiger partial charge in [-0.25, -0.2) is 21.6 Å². The minimum atomic E-state index is -4.30. The van der Waals surface area contributed by atoms with Gasteiger partial charge in [0.25, 0.3) is 0 Å². The van der Waals surface area contributed by atoms with E-state index >= 15 is 0 Å². The normalized spacial score (nSPS) is 28.1. The van der Waals surface area contributed by atoms with Crippen molar-refractivity contribution in [2.45, 2.75) is 37.0 Å². The number of rotatable bonds is 4. The number of hydrogen-bond donors (Lipinski definition) is 0. The molecule has 154 valence electrons. The van der Waals surface area contributed by atoms with Gasteiger partial charge in [0.1, 0.15) is 4.90 Å². The number of halogens is 3. The predicted octanol–water partition coefficient (Wildman–Crippen LogP) is 2.76. The Morgan fingerprint density at radius 3 is 2.32 bits per heavy atom. The Hall–Kier alpha value is -1.61. The van der Waals surface area contributed by atoms with Gasteiger partial charge < -0.3 is 4.90 Å². The highest BCUT2D eigenvalue weighted by Gasteiger charge is 2.41. The highest BCUT2D eigenvalue weighted by atomic mass is 32.2. The first-order valence-corrected chi connectivity index (χ1v) is 11.1. The van der Waals surface area contributed by atoms with E-state index in [0.29, 0.717) is 24.3 Å². The van der Waals surface area contributed by atoms with Crippen LogP contribution in [0, 0.1) is 35.2 Å². The van der Waals surface area contributed by atoms with Gasteiger partial charge in [-0.1, -0.05) is 6.42 Å². The van der Waals surface area contributed by atoms with Gasteiger partial charge in [-0.2, -0.15) is 4.31 Å². The fraction of sp³-hybridized carbons (Fsp3) is 0.632. The number of piperazine rings is 1. The first kappa shape index (κ1) is 19.7. The van der Waals surface area contributed by atoms with Gasteiger partial charge in [-0.3, -0.25) is 4.79 Å². The summed E-state index contributed by atoms with van der Waals surface area (Å²) in [6.45, 7) is 0.431. The van der Waals surface area contributed by atoms with Crippen molar-refractivity contribution < 1.29 is 26.4 Å². The van der Waals surface area contributed by atoms with E-state index in [4.69, 9.17) is 0 Å². The second-order valence-electron chi connectivity index (χ2n) is 8.10. The van der Waals surface area contributed by atoms with E-state index in [1.165, 1.54) is 19.3 Å². The van der Waals surface area contributed by atoms with E-state index in [0.717, 1.165) is 22.7 Å². The van der Waals surface area contributed by atoms with Crippen molar-refractivity contribution in [1.82, 2.24) is 9.21 Å². The number of amides is 1. The molecule has 4 rings (SSSR count). The molecule has 3 fully saturated rings. The van der Waals surface area contributed by atoms with Crippen molar-refractivity contribution >= 4 is 15.9 Å². The molecule has 9 heteroatoms. The summed E-state index contributed by atoms with van der Waals surface area (Å²) in [7, 11) is -4.30. The number of sulfonamides is 1. The Kier molecular flexibility index (Phi) is 5.16. The van der Waals surface area contributed by atoms with Crippen LogP contribution in [0.15, 0.2) is 17.0 Å². The zero-order chi connectivity index (χ0) is 20.1. The maximum absolute atomic E-state index is 13.9. The summed E-state index contributed by atoms with van der Waals surface area (Å²) in [6.07, 6.45) is 5.32. The molecule has 3 atom stereocenters. The maximum atomic E-state index is 13.9. The molecule has 0 spiro atoms. The molecule has 2 bridgehead atoms. The summed E-state index contributed by atoms with van der Waals surface area (Å²) in [6, 6.07) is 1.33. The first-order valence-electron chi connectivity index (χ1n) is 9.68. The van der Waals surface area contributed by atoms with Crippen LogP contribution >= 0.6 is 0 Å². The quantitative estimate of drug-likeness (QED) is 0.710. The molecule has 1 amide bonds. The molecular formula is C19H23F3N2O3S. The van der Waals surface area contributed by atoms with Gasteiger partial charge in [-0.15, -0.1) is 0 Å². The Bertz CT molecular complexity index is 885. The average molecular weight is 416 g/mol. The van der Waals surface area contributed by atoms with Crippen LogP contribution in [-0.2, 0) is 14.8 Å². The number of benzene rings is 1. The van der Waals surface area contributed by atoms with E-state index in [1.54, 1.807) is 4.90 Å². The molecule has 5 nitrogen and oxygen atoms in total. The lowest BCUT2D eigenvalue weighted by molar-refractivity contribution is -0.133. The smallest absolute Gasteiger partial charge is 0.246 e. The van der Waals surface area contributed by atoms with E-state index < -0.39 is 32.4 Å². The summed E-state index contributed by atoms with van der Waals surface area (Å²) < 4.78 is 66.7. The number of carbonyl (C=O) groups excluding carboxylic acids is 1.